The van der Waals surface area contributed by atoms with Gasteiger partial charge in [-0.1, -0.05) is 18.2 Å². The quantitative estimate of drug-likeness (QED) is 0.530. The molecule has 0 aliphatic carbocycles. The van der Waals surface area contributed by atoms with Crippen LogP contribution >= 0.6 is 11.6 Å². The van der Waals surface area contributed by atoms with Gasteiger partial charge in [-0.05, 0) is 25.1 Å². The Balaban J connectivity index is 2.06. The minimum absolute atomic E-state index is 0.111. The zero-order valence-corrected chi connectivity index (χ0v) is 14.9. The van der Waals surface area contributed by atoms with Gasteiger partial charge >= 0.3 is 5.97 Å². The Labute approximate surface area is 154 Å². The third kappa shape index (κ3) is 3.67. The molecule has 8 heteroatoms. The van der Waals surface area contributed by atoms with Crippen LogP contribution in [0.15, 0.2) is 42.6 Å². The van der Waals surface area contributed by atoms with Crippen molar-refractivity contribution in [1.29, 1.82) is 0 Å². The normalized spacial score (nSPS) is 10.7. The molecular formula is C18H17ClN4O3. The summed E-state index contributed by atoms with van der Waals surface area (Å²) in [5, 5.41) is 7.87. The Morgan fingerprint density at radius 1 is 1.23 bits per heavy atom. The summed E-state index contributed by atoms with van der Waals surface area (Å²) < 4.78 is 6.45. The van der Waals surface area contributed by atoms with Crippen LogP contribution in [0.1, 0.15) is 23.7 Å². The first kappa shape index (κ1) is 17.9. The van der Waals surface area contributed by atoms with Crippen molar-refractivity contribution in [3.8, 4) is 5.82 Å². The van der Waals surface area contributed by atoms with Gasteiger partial charge in [0.1, 0.15) is 5.56 Å². The van der Waals surface area contributed by atoms with Crippen molar-refractivity contribution >= 4 is 40.2 Å². The second kappa shape index (κ2) is 7.97. The first-order chi connectivity index (χ1) is 12.6. The maximum atomic E-state index is 12.2. The summed E-state index contributed by atoms with van der Waals surface area (Å²) in [7, 11) is 0. The molecule has 7 nitrogen and oxygen atoms in total. The number of hydrogen-bond donors (Lipinski definition) is 1. The highest BCUT2D eigenvalue weighted by Gasteiger charge is 2.22. The highest BCUT2D eigenvalue weighted by molar-refractivity contribution is 6.19. The smallest absolute Gasteiger partial charge is 0.343 e. The number of aromatic nitrogens is 3. The number of para-hydroxylation sites is 1. The van der Waals surface area contributed by atoms with E-state index < -0.39 is 5.97 Å². The second-order valence-electron chi connectivity index (χ2n) is 5.39. The van der Waals surface area contributed by atoms with Gasteiger partial charge in [0, 0.05) is 17.7 Å². The van der Waals surface area contributed by atoms with Crippen molar-refractivity contribution in [2.24, 2.45) is 0 Å². The standard InChI is InChI=1S/C18H17ClN4O3/c1-2-26-18(25)13-11-20-23(17(13)22-16(24)9-10-19)15-8-7-12-5-3-4-6-14(12)21-15/h3-8,11H,2,9-10H2,1H3,(H,22,24). The van der Waals surface area contributed by atoms with Crippen molar-refractivity contribution in [3.63, 3.8) is 0 Å². The van der Waals surface area contributed by atoms with E-state index >= 15 is 0 Å². The molecule has 0 unspecified atom stereocenters. The molecule has 0 saturated carbocycles. The summed E-state index contributed by atoms with van der Waals surface area (Å²) in [6, 6.07) is 11.3. The average Bonchev–Trinajstić information content (AvgIpc) is 3.05. The topological polar surface area (TPSA) is 86.1 Å². The lowest BCUT2D eigenvalue weighted by atomic mass is 10.2. The van der Waals surface area contributed by atoms with Crippen molar-refractivity contribution in [2.75, 3.05) is 17.8 Å². The van der Waals surface area contributed by atoms with E-state index in [1.807, 2.05) is 30.3 Å². The van der Waals surface area contributed by atoms with E-state index in [1.165, 1.54) is 10.9 Å². The van der Waals surface area contributed by atoms with Gasteiger partial charge in [-0.15, -0.1) is 11.6 Å². The van der Waals surface area contributed by atoms with Crippen LogP contribution in [0.4, 0.5) is 5.82 Å². The van der Waals surface area contributed by atoms with Crippen molar-refractivity contribution in [2.45, 2.75) is 13.3 Å². The molecule has 0 radical (unpaired) electrons. The van der Waals surface area contributed by atoms with Gasteiger partial charge < -0.3 is 10.1 Å². The van der Waals surface area contributed by atoms with Gasteiger partial charge in [0.15, 0.2) is 11.6 Å². The fourth-order valence-corrected chi connectivity index (χ4v) is 2.63. The van der Waals surface area contributed by atoms with E-state index in [2.05, 4.69) is 15.4 Å². The summed E-state index contributed by atoms with van der Waals surface area (Å²) in [5.74, 6) is -0.0429. The van der Waals surface area contributed by atoms with Crippen LogP contribution in [0, 0.1) is 0 Å². The van der Waals surface area contributed by atoms with Crippen LogP contribution in [-0.2, 0) is 9.53 Å². The molecular weight excluding hydrogens is 356 g/mol. The first-order valence-corrected chi connectivity index (χ1v) is 8.64. The van der Waals surface area contributed by atoms with Crippen LogP contribution in [0.5, 0.6) is 0 Å². The number of benzene rings is 1. The Morgan fingerprint density at radius 2 is 2.04 bits per heavy atom. The van der Waals surface area contributed by atoms with Crippen LogP contribution in [0.2, 0.25) is 0 Å². The number of rotatable bonds is 6. The molecule has 3 rings (SSSR count). The molecule has 0 aliphatic rings. The van der Waals surface area contributed by atoms with Gasteiger partial charge in [0.2, 0.25) is 5.91 Å². The number of fused-ring (bicyclic) bond motifs is 1. The van der Waals surface area contributed by atoms with E-state index in [0.29, 0.717) is 5.82 Å². The number of anilines is 1. The highest BCUT2D eigenvalue weighted by atomic mass is 35.5. The number of carbonyl (C=O) groups is 2. The van der Waals surface area contributed by atoms with Crippen LogP contribution < -0.4 is 5.32 Å². The average molecular weight is 373 g/mol. The highest BCUT2D eigenvalue weighted by Crippen LogP contribution is 2.22. The number of alkyl halides is 1. The third-order valence-corrected chi connectivity index (χ3v) is 3.83. The molecule has 26 heavy (non-hydrogen) atoms. The monoisotopic (exact) mass is 372 g/mol. The zero-order chi connectivity index (χ0) is 18.5. The number of pyridine rings is 1. The van der Waals surface area contributed by atoms with Crippen LogP contribution in [0.25, 0.3) is 16.7 Å². The molecule has 0 saturated heterocycles. The van der Waals surface area contributed by atoms with E-state index in [1.54, 1.807) is 13.0 Å². The maximum absolute atomic E-state index is 12.2. The van der Waals surface area contributed by atoms with Gasteiger partial charge in [0.05, 0.1) is 18.3 Å². The Hall–Kier alpha value is -2.93. The number of nitrogens with zero attached hydrogens (tertiary/aromatic N) is 3. The summed E-state index contributed by atoms with van der Waals surface area (Å²) in [6.07, 6.45) is 1.46. The zero-order valence-electron chi connectivity index (χ0n) is 14.1. The molecule has 1 N–H and O–H groups in total. The molecule has 0 spiro atoms. The molecule has 2 aromatic heterocycles. The Bertz CT molecular complexity index is 955. The number of carbonyl (C=O) groups excluding carboxylic acids is 2. The molecule has 0 aliphatic heterocycles. The number of nitrogens with one attached hydrogen (secondary N) is 1. The minimum Gasteiger partial charge on any atom is -0.462 e. The van der Waals surface area contributed by atoms with Crippen LogP contribution in [-0.4, -0.2) is 39.1 Å². The lowest BCUT2D eigenvalue weighted by molar-refractivity contribution is -0.115. The predicted octanol–water partition coefficient (Wildman–Crippen LogP) is 3.16. The van der Waals surface area contributed by atoms with Gasteiger partial charge in [-0.3, -0.25) is 4.79 Å². The molecule has 1 aromatic carbocycles. The van der Waals surface area contributed by atoms with Gasteiger partial charge in [-0.2, -0.15) is 9.78 Å². The third-order valence-electron chi connectivity index (χ3n) is 3.64. The summed E-state index contributed by atoms with van der Waals surface area (Å²) >= 11 is 5.62. The first-order valence-electron chi connectivity index (χ1n) is 8.11. The number of amides is 1. The van der Waals surface area contributed by atoms with E-state index in [-0.39, 0.29) is 36.2 Å². The molecule has 134 valence electrons. The number of halogens is 1. The second-order valence-corrected chi connectivity index (χ2v) is 5.77. The molecule has 3 aromatic rings. The fraction of sp³-hybridized carbons (Fsp3) is 0.222. The molecule has 2 heterocycles. The van der Waals surface area contributed by atoms with Gasteiger partial charge in [0.25, 0.3) is 0 Å². The number of hydrogen-bond acceptors (Lipinski definition) is 5. The maximum Gasteiger partial charge on any atom is 0.343 e. The van der Waals surface area contributed by atoms with Crippen molar-refractivity contribution < 1.29 is 14.3 Å². The molecule has 0 fully saturated rings. The van der Waals surface area contributed by atoms with E-state index in [4.69, 9.17) is 16.3 Å². The van der Waals surface area contributed by atoms with Crippen molar-refractivity contribution in [3.05, 3.63) is 48.2 Å². The minimum atomic E-state index is -0.569. The van der Waals surface area contributed by atoms with Crippen LogP contribution in [0.3, 0.4) is 0 Å². The van der Waals surface area contributed by atoms with Gasteiger partial charge in [-0.25, -0.2) is 9.78 Å². The Kier molecular flexibility index (Phi) is 5.48. The van der Waals surface area contributed by atoms with E-state index in [0.717, 1.165) is 10.9 Å². The predicted molar refractivity (Wildman–Crippen MR) is 98.8 cm³/mol. The number of ether oxygens (including phenoxy) is 1. The lowest BCUT2D eigenvalue weighted by Crippen LogP contribution is -2.18. The largest absolute Gasteiger partial charge is 0.462 e. The van der Waals surface area contributed by atoms with Crippen molar-refractivity contribution in [1.82, 2.24) is 14.8 Å². The summed E-state index contributed by atoms with van der Waals surface area (Å²) in [5.41, 5.74) is 0.931. The molecule has 0 bridgehead atoms. The molecule has 1 amide bonds. The SMILES string of the molecule is CCOC(=O)c1cnn(-c2ccc3ccccc3n2)c1NC(=O)CCCl. The molecule has 0 atom stereocenters. The lowest BCUT2D eigenvalue weighted by Gasteiger charge is -2.10. The summed E-state index contributed by atoms with van der Waals surface area (Å²) in [6.45, 7) is 1.92. The summed E-state index contributed by atoms with van der Waals surface area (Å²) in [4.78, 5) is 28.8. The fourth-order valence-electron chi connectivity index (χ4n) is 2.45. The number of esters is 1. The van der Waals surface area contributed by atoms with E-state index in [9.17, 15) is 9.59 Å². The Morgan fingerprint density at radius 3 is 2.81 bits per heavy atom.